The van der Waals surface area contributed by atoms with E-state index in [0.29, 0.717) is 12.5 Å². The molecule has 0 aromatic heterocycles. The van der Waals surface area contributed by atoms with Crippen LogP contribution in [0.4, 0.5) is 13.2 Å². The van der Waals surface area contributed by atoms with Gasteiger partial charge >= 0.3 is 6.18 Å². The van der Waals surface area contributed by atoms with Crippen LogP contribution >= 0.6 is 35.7 Å². The van der Waals surface area contributed by atoms with Gasteiger partial charge in [-0.3, -0.25) is 0 Å². The third-order valence-corrected chi connectivity index (χ3v) is 3.59. The van der Waals surface area contributed by atoms with Gasteiger partial charge in [-0.15, -0.1) is 24.0 Å². The largest absolute Gasteiger partial charge is 0.493 e. The first-order chi connectivity index (χ1) is 11.9. The number of thioether (sulfide) groups is 1. The van der Waals surface area contributed by atoms with E-state index in [1.165, 1.54) is 13.2 Å². The smallest absolute Gasteiger partial charge is 0.422 e. The first-order valence-corrected chi connectivity index (χ1v) is 9.16. The molecule has 0 amide bonds. The monoisotopic (exact) mass is 507 g/mol. The highest BCUT2D eigenvalue weighted by molar-refractivity contribution is 14.0. The number of hydrogen-bond donors (Lipinski definition) is 2. The fourth-order valence-electron chi connectivity index (χ4n) is 1.87. The fourth-order valence-corrected chi connectivity index (χ4v) is 2.18. The Morgan fingerprint density at radius 1 is 1.23 bits per heavy atom. The van der Waals surface area contributed by atoms with Crippen molar-refractivity contribution >= 4 is 41.7 Å². The number of nitrogens with zero attached hydrogens (tertiary/aromatic N) is 1. The average molecular weight is 507 g/mol. The SMILES string of the molecule is CCNC(=NCc1ccc(OCC(F)(F)F)c(OC)c1)NCCSC.I. The van der Waals surface area contributed by atoms with Gasteiger partial charge in [-0.1, -0.05) is 6.07 Å². The minimum atomic E-state index is -4.39. The number of halogens is 4. The van der Waals surface area contributed by atoms with Gasteiger partial charge in [0.15, 0.2) is 24.1 Å². The molecule has 0 bridgehead atoms. The quantitative estimate of drug-likeness (QED) is 0.231. The van der Waals surface area contributed by atoms with Gasteiger partial charge < -0.3 is 20.1 Å². The molecule has 0 aliphatic heterocycles. The predicted molar refractivity (Wildman–Crippen MR) is 111 cm³/mol. The van der Waals surface area contributed by atoms with Gasteiger partial charge in [0.05, 0.1) is 13.7 Å². The lowest BCUT2D eigenvalue weighted by Gasteiger charge is -2.14. The standard InChI is InChI=1S/C16H24F3N3O2S.HI/c1-4-20-15(21-7-8-25-3)22-10-12-5-6-13(14(9-12)23-2)24-11-16(17,18)19;/h5-6,9H,4,7-8,10-11H2,1-3H3,(H2,20,21,22);1H. The lowest BCUT2D eigenvalue weighted by atomic mass is 10.2. The normalized spacial score (nSPS) is 11.5. The van der Waals surface area contributed by atoms with Crippen molar-refractivity contribution in [3.8, 4) is 11.5 Å². The summed E-state index contributed by atoms with van der Waals surface area (Å²) in [6.45, 7) is 2.51. The van der Waals surface area contributed by atoms with Crippen molar-refractivity contribution in [1.82, 2.24) is 10.6 Å². The number of methoxy groups -OCH3 is 1. The summed E-state index contributed by atoms with van der Waals surface area (Å²) in [6, 6.07) is 4.76. The highest BCUT2D eigenvalue weighted by Crippen LogP contribution is 2.30. The molecule has 0 aliphatic rings. The van der Waals surface area contributed by atoms with Gasteiger partial charge in [-0.25, -0.2) is 4.99 Å². The molecule has 1 aromatic rings. The highest BCUT2D eigenvalue weighted by Gasteiger charge is 2.29. The second-order valence-corrected chi connectivity index (χ2v) is 5.99. The van der Waals surface area contributed by atoms with E-state index in [1.54, 1.807) is 23.9 Å². The van der Waals surface area contributed by atoms with Crippen molar-refractivity contribution in [1.29, 1.82) is 0 Å². The number of hydrogen-bond acceptors (Lipinski definition) is 4. The zero-order valence-corrected chi connectivity index (χ0v) is 18.1. The van der Waals surface area contributed by atoms with Crippen LogP contribution in [-0.4, -0.2) is 51.0 Å². The van der Waals surface area contributed by atoms with Gasteiger partial charge in [0, 0.05) is 18.8 Å². The Labute approximate surface area is 173 Å². The van der Waals surface area contributed by atoms with Crippen molar-refractivity contribution in [2.45, 2.75) is 19.6 Å². The molecule has 0 saturated heterocycles. The molecule has 0 unspecified atom stereocenters. The average Bonchev–Trinajstić information content (AvgIpc) is 2.57. The van der Waals surface area contributed by atoms with Crippen molar-refractivity contribution < 1.29 is 22.6 Å². The third-order valence-electron chi connectivity index (χ3n) is 2.98. The molecular formula is C16H25F3IN3O2S. The number of aliphatic imine (C=N–C) groups is 1. The second-order valence-electron chi connectivity index (χ2n) is 5.00. The van der Waals surface area contributed by atoms with Crippen molar-refractivity contribution in [3.63, 3.8) is 0 Å². The maximum absolute atomic E-state index is 12.3. The van der Waals surface area contributed by atoms with Crippen LogP contribution < -0.4 is 20.1 Å². The Morgan fingerprint density at radius 3 is 2.54 bits per heavy atom. The van der Waals surface area contributed by atoms with E-state index in [2.05, 4.69) is 15.6 Å². The van der Waals surface area contributed by atoms with Crippen molar-refractivity contribution in [3.05, 3.63) is 23.8 Å². The van der Waals surface area contributed by atoms with Crippen LogP contribution in [0, 0.1) is 0 Å². The molecular weight excluding hydrogens is 482 g/mol. The van der Waals surface area contributed by atoms with Gasteiger partial charge in [0.2, 0.25) is 0 Å². The summed E-state index contributed by atoms with van der Waals surface area (Å²) in [7, 11) is 1.39. The molecule has 150 valence electrons. The number of nitrogens with one attached hydrogen (secondary N) is 2. The summed E-state index contributed by atoms with van der Waals surface area (Å²) in [5.74, 6) is 1.95. The molecule has 0 spiro atoms. The molecule has 5 nitrogen and oxygen atoms in total. The first kappa shape index (κ1) is 25.0. The zero-order valence-electron chi connectivity index (χ0n) is 15.0. The molecule has 0 radical (unpaired) electrons. The maximum Gasteiger partial charge on any atom is 0.422 e. The van der Waals surface area contributed by atoms with Crippen LogP contribution in [0.5, 0.6) is 11.5 Å². The van der Waals surface area contributed by atoms with E-state index in [-0.39, 0.29) is 35.5 Å². The lowest BCUT2D eigenvalue weighted by molar-refractivity contribution is -0.153. The summed E-state index contributed by atoms with van der Waals surface area (Å²) >= 11 is 1.73. The maximum atomic E-state index is 12.3. The Kier molecular flexibility index (Phi) is 12.7. The number of rotatable bonds is 9. The summed E-state index contributed by atoms with van der Waals surface area (Å²) < 4.78 is 46.7. The van der Waals surface area contributed by atoms with E-state index < -0.39 is 12.8 Å². The third kappa shape index (κ3) is 10.2. The molecule has 0 saturated carbocycles. The molecule has 0 aliphatic carbocycles. The number of benzene rings is 1. The minimum Gasteiger partial charge on any atom is -0.493 e. The zero-order chi connectivity index (χ0) is 18.7. The van der Waals surface area contributed by atoms with Gasteiger partial charge in [-0.05, 0) is 30.9 Å². The molecule has 1 aromatic carbocycles. The van der Waals surface area contributed by atoms with Gasteiger partial charge in [0.25, 0.3) is 0 Å². The molecule has 1 rings (SSSR count). The van der Waals surface area contributed by atoms with E-state index >= 15 is 0 Å². The van der Waals surface area contributed by atoms with Crippen LogP contribution in [0.1, 0.15) is 12.5 Å². The lowest BCUT2D eigenvalue weighted by Crippen LogP contribution is -2.38. The van der Waals surface area contributed by atoms with Gasteiger partial charge in [0.1, 0.15) is 0 Å². The second kappa shape index (κ2) is 13.2. The number of ether oxygens (including phenoxy) is 2. The Balaban J connectivity index is 0.00000625. The molecule has 2 N–H and O–H groups in total. The molecule has 0 heterocycles. The Hall–Kier alpha value is -1.04. The Morgan fingerprint density at radius 2 is 1.96 bits per heavy atom. The first-order valence-electron chi connectivity index (χ1n) is 7.77. The molecule has 0 fully saturated rings. The molecule has 0 atom stereocenters. The van der Waals surface area contributed by atoms with Crippen molar-refractivity contribution in [2.24, 2.45) is 4.99 Å². The summed E-state index contributed by atoms with van der Waals surface area (Å²) in [5.41, 5.74) is 0.804. The highest BCUT2D eigenvalue weighted by atomic mass is 127. The topological polar surface area (TPSA) is 54.9 Å². The van der Waals surface area contributed by atoms with Crippen LogP contribution in [0.3, 0.4) is 0 Å². The number of alkyl halides is 3. The van der Waals surface area contributed by atoms with E-state index in [4.69, 9.17) is 9.47 Å². The fraction of sp³-hybridized carbons (Fsp3) is 0.562. The summed E-state index contributed by atoms with van der Waals surface area (Å²) in [6.07, 6.45) is -2.36. The van der Waals surface area contributed by atoms with Crippen LogP contribution in [-0.2, 0) is 6.54 Å². The van der Waals surface area contributed by atoms with Crippen molar-refractivity contribution in [2.75, 3.05) is 38.8 Å². The van der Waals surface area contributed by atoms with Crippen LogP contribution in [0.2, 0.25) is 0 Å². The van der Waals surface area contributed by atoms with Crippen LogP contribution in [0.15, 0.2) is 23.2 Å². The molecule has 10 heteroatoms. The molecule has 26 heavy (non-hydrogen) atoms. The summed E-state index contributed by atoms with van der Waals surface area (Å²) in [5, 5.41) is 6.34. The van der Waals surface area contributed by atoms with E-state index in [9.17, 15) is 13.2 Å². The number of guanidine groups is 1. The predicted octanol–water partition coefficient (Wildman–Crippen LogP) is 3.67. The minimum absolute atomic E-state index is 0. The van der Waals surface area contributed by atoms with E-state index in [0.717, 1.165) is 24.4 Å². The summed E-state index contributed by atoms with van der Waals surface area (Å²) in [4.78, 5) is 4.45. The van der Waals surface area contributed by atoms with E-state index in [1.807, 2.05) is 13.2 Å². The Bertz CT molecular complexity index is 560. The van der Waals surface area contributed by atoms with Crippen LogP contribution in [0.25, 0.3) is 0 Å². The van der Waals surface area contributed by atoms with Gasteiger partial charge in [-0.2, -0.15) is 24.9 Å².